The van der Waals surface area contributed by atoms with Crippen LogP contribution < -0.4 is 0 Å². The van der Waals surface area contributed by atoms with Crippen LogP contribution in [0, 0.1) is 0 Å². The van der Waals surface area contributed by atoms with Gasteiger partial charge in [-0.05, 0) is 41.8 Å². The Hall–Kier alpha value is -2.67. The molecule has 0 radical (unpaired) electrons. The molecule has 0 fully saturated rings. The fraction of sp³-hybridized carbons (Fsp3) is 0. The van der Waals surface area contributed by atoms with Gasteiger partial charge in [0.15, 0.2) is 0 Å². The molecule has 5 heterocycles. The maximum absolute atomic E-state index is 6.52. The van der Waals surface area contributed by atoms with Crippen LogP contribution in [0.25, 0.3) is 42.6 Å². The largest absolute Gasteiger partial charge is 0.264 e. The highest BCUT2D eigenvalue weighted by molar-refractivity contribution is 7.19. The van der Waals surface area contributed by atoms with E-state index in [0.717, 1.165) is 42.6 Å². The molecule has 0 amide bonds. The van der Waals surface area contributed by atoms with Gasteiger partial charge in [-0.2, -0.15) is 0 Å². The number of nitrogens with zero attached hydrogens (tertiary/aromatic N) is 4. The lowest BCUT2D eigenvalue weighted by Crippen LogP contribution is -1.90. The molecule has 0 aliphatic rings. The normalized spacial score (nSPS) is 11.1. The van der Waals surface area contributed by atoms with Crippen LogP contribution in [0.2, 0.25) is 5.15 Å². The fourth-order valence-electron chi connectivity index (χ4n) is 2.84. The zero-order chi connectivity index (χ0) is 18.2. The van der Waals surface area contributed by atoms with Crippen molar-refractivity contribution in [2.45, 2.75) is 0 Å². The minimum atomic E-state index is 0.456. The summed E-state index contributed by atoms with van der Waals surface area (Å²) in [6, 6.07) is 13.8. The third-order valence-electron chi connectivity index (χ3n) is 4.09. The second-order valence-electron chi connectivity index (χ2n) is 5.78. The minimum Gasteiger partial charge on any atom is -0.264 e. The highest BCUT2D eigenvalue weighted by atomic mass is 35.5. The van der Waals surface area contributed by atoms with E-state index >= 15 is 0 Å². The quantitative estimate of drug-likeness (QED) is 0.358. The first-order valence-electron chi connectivity index (χ1n) is 8.16. The summed E-state index contributed by atoms with van der Waals surface area (Å²) >= 11 is 9.73. The molecule has 4 nitrogen and oxygen atoms in total. The second kappa shape index (κ2) is 6.81. The topological polar surface area (TPSA) is 51.6 Å². The van der Waals surface area contributed by atoms with E-state index in [-0.39, 0.29) is 0 Å². The van der Waals surface area contributed by atoms with Crippen LogP contribution in [0.5, 0.6) is 0 Å². The SMILES string of the molecule is Clc1nc(-c2cccnc2)sc1-c1nc(-c2ccccn2)cc2sccc12. The van der Waals surface area contributed by atoms with E-state index in [1.165, 1.54) is 11.3 Å². The maximum Gasteiger partial charge on any atom is 0.150 e. The van der Waals surface area contributed by atoms with Crippen molar-refractivity contribution in [1.29, 1.82) is 0 Å². The van der Waals surface area contributed by atoms with E-state index in [1.54, 1.807) is 29.9 Å². The molecule has 7 heteroatoms. The van der Waals surface area contributed by atoms with Crippen molar-refractivity contribution in [3.8, 4) is 32.5 Å². The van der Waals surface area contributed by atoms with Crippen molar-refractivity contribution < 1.29 is 0 Å². The van der Waals surface area contributed by atoms with Crippen molar-refractivity contribution >= 4 is 44.4 Å². The highest BCUT2D eigenvalue weighted by Gasteiger charge is 2.18. The number of aromatic nitrogens is 4. The van der Waals surface area contributed by atoms with Crippen molar-refractivity contribution in [2.24, 2.45) is 0 Å². The number of fused-ring (bicyclic) bond motifs is 1. The molecule has 27 heavy (non-hydrogen) atoms. The minimum absolute atomic E-state index is 0.456. The monoisotopic (exact) mass is 406 g/mol. The van der Waals surface area contributed by atoms with Gasteiger partial charge in [-0.25, -0.2) is 9.97 Å². The van der Waals surface area contributed by atoms with E-state index in [9.17, 15) is 0 Å². The van der Waals surface area contributed by atoms with Gasteiger partial charge in [-0.3, -0.25) is 9.97 Å². The molecule has 5 aromatic rings. The van der Waals surface area contributed by atoms with Crippen LogP contribution in [0.15, 0.2) is 66.4 Å². The summed E-state index contributed by atoms with van der Waals surface area (Å²) in [6.07, 6.45) is 5.30. The van der Waals surface area contributed by atoms with E-state index < -0.39 is 0 Å². The Labute approximate surface area is 168 Å². The highest BCUT2D eigenvalue weighted by Crippen LogP contribution is 2.41. The average molecular weight is 407 g/mol. The lowest BCUT2D eigenvalue weighted by molar-refractivity contribution is 1.26. The molecule has 0 bridgehead atoms. The fourth-order valence-corrected chi connectivity index (χ4v) is 4.96. The summed E-state index contributed by atoms with van der Waals surface area (Å²) in [5.74, 6) is 0. The number of halogens is 1. The summed E-state index contributed by atoms with van der Waals surface area (Å²) < 4.78 is 1.15. The van der Waals surface area contributed by atoms with E-state index in [4.69, 9.17) is 16.6 Å². The Kier molecular flexibility index (Phi) is 4.16. The smallest absolute Gasteiger partial charge is 0.150 e. The number of thiazole rings is 1. The van der Waals surface area contributed by atoms with E-state index in [0.29, 0.717) is 5.15 Å². The summed E-state index contributed by atoms with van der Waals surface area (Å²) in [5, 5.41) is 4.42. The standard InChI is InChI=1S/C20H11ClN4S2/c21-19-18(27-20(25-19)12-4-3-7-22-11-12)17-13-6-9-26-16(13)10-15(24-17)14-5-1-2-8-23-14/h1-11H. The zero-order valence-electron chi connectivity index (χ0n) is 13.8. The number of thiophene rings is 1. The molecule has 0 saturated heterocycles. The Morgan fingerprint density at radius 3 is 2.70 bits per heavy atom. The Morgan fingerprint density at radius 1 is 0.926 bits per heavy atom. The maximum atomic E-state index is 6.52. The number of pyridine rings is 3. The first kappa shape index (κ1) is 16.5. The molecule has 0 aliphatic carbocycles. The van der Waals surface area contributed by atoms with Gasteiger partial charge in [0.25, 0.3) is 0 Å². The van der Waals surface area contributed by atoms with Crippen molar-refractivity contribution in [3.05, 3.63) is 71.6 Å². The van der Waals surface area contributed by atoms with Gasteiger partial charge < -0.3 is 0 Å². The molecule has 0 atom stereocenters. The predicted octanol–water partition coefficient (Wildman–Crippen LogP) is 6.20. The molecular weight excluding hydrogens is 396 g/mol. The summed E-state index contributed by atoms with van der Waals surface area (Å²) in [7, 11) is 0. The van der Waals surface area contributed by atoms with Crippen LogP contribution >= 0.6 is 34.3 Å². The van der Waals surface area contributed by atoms with Gasteiger partial charge in [0.1, 0.15) is 10.2 Å². The van der Waals surface area contributed by atoms with Crippen molar-refractivity contribution in [3.63, 3.8) is 0 Å². The van der Waals surface area contributed by atoms with E-state index in [1.807, 2.05) is 30.3 Å². The van der Waals surface area contributed by atoms with E-state index in [2.05, 4.69) is 32.5 Å². The van der Waals surface area contributed by atoms with Crippen LogP contribution in [0.3, 0.4) is 0 Å². The van der Waals surface area contributed by atoms with Gasteiger partial charge in [-0.15, -0.1) is 22.7 Å². The molecule has 0 saturated carbocycles. The number of hydrogen-bond donors (Lipinski definition) is 0. The second-order valence-corrected chi connectivity index (χ2v) is 8.09. The Bertz CT molecular complexity index is 1230. The first-order chi connectivity index (χ1) is 13.3. The number of hydrogen-bond acceptors (Lipinski definition) is 6. The van der Waals surface area contributed by atoms with Gasteiger partial charge >= 0.3 is 0 Å². The molecule has 0 N–H and O–H groups in total. The summed E-state index contributed by atoms with van der Waals surface area (Å²) in [5.41, 5.74) is 3.44. The third kappa shape index (κ3) is 3.02. The molecule has 5 rings (SSSR count). The van der Waals surface area contributed by atoms with Gasteiger partial charge in [0, 0.05) is 34.2 Å². The summed E-state index contributed by atoms with van der Waals surface area (Å²) in [6.45, 7) is 0. The third-order valence-corrected chi connectivity index (χ3v) is 6.45. The lowest BCUT2D eigenvalue weighted by Gasteiger charge is -2.05. The zero-order valence-corrected chi connectivity index (χ0v) is 16.2. The summed E-state index contributed by atoms with van der Waals surface area (Å²) in [4.78, 5) is 18.9. The first-order valence-corrected chi connectivity index (χ1v) is 10.2. The van der Waals surface area contributed by atoms with Gasteiger partial charge in [0.05, 0.1) is 22.0 Å². The molecule has 130 valence electrons. The Balaban J connectivity index is 1.71. The molecular formula is C20H11ClN4S2. The molecule has 0 aliphatic heterocycles. The van der Waals surface area contributed by atoms with Crippen molar-refractivity contribution in [1.82, 2.24) is 19.9 Å². The van der Waals surface area contributed by atoms with Crippen LogP contribution in [0.4, 0.5) is 0 Å². The molecule has 0 spiro atoms. The van der Waals surface area contributed by atoms with Crippen LogP contribution in [-0.2, 0) is 0 Å². The number of rotatable bonds is 3. The predicted molar refractivity (Wildman–Crippen MR) is 112 cm³/mol. The average Bonchev–Trinajstić information content (AvgIpc) is 3.35. The lowest BCUT2D eigenvalue weighted by atomic mass is 10.1. The molecule has 0 unspecified atom stereocenters. The van der Waals surface area contributed by atoms with Crippen LogP contribution in [-0.4, -0.2) is 19.9 Å². The van der Waals surface area contributed by atoms with Crippen molar-refractivity contribution in [2.75, 3.05) is 0 Å². The molecule has 5 aromatic heterocycles. The van der Waals surface area contributed by atoms with Gasteiger partial charge in [-0.1, -0.05) is 17.7 Å². The molecule has 0 aromatic carbocycles. The van der Waals surface area contributed by atoms with Gasteiger partial charge in [0.2, 0.25) is 0 Å². The van der Waals surface area contributed by atoms with Crippen LogP contribution in [0.1, 0.15) is 0 Å². The Morgan fingerprint density at radius 2 is 1.89 bits per heavy atom.